The van der Waals surface area contributed by atoms with E-state index in [0.717, 1.165) is 0 Å². The smallest absolute Gasteiger partial charge is 0.221 e. The van der Waals surface area contributed by atoms with Gasteiger partial charge in [0.1, 0.15) is 5.82 Å². The van der Waals surface area contributed by atoms with Crippen LogP contribution < -0.4 is 10.6 Å². The van der Waals surface area contributed by atoms with Crippen molar-refractivity contribution in [3.8, 4) is 0 Å². The predicted octanol–water partition coefficient (Wildman–Crippen LogP) is 1.48. The number of hydrogen-bond donors (Lipinski definition) is 2. The van der Waals surface area contributed by atoms with E-state index in [2.05, 4.69) is 10.6 Å². The fraction of sp³-hybridized carbons (Fsp3) is 0.462. The molecule has 0 heterocycles. The third-order valence-electron chi connectivity index (χ3n) is 2.66. The Hall–Kier alpha value is -1.42. The Morgan fingerprint density at radius 2 is 2.12 bits per heavy atom. The van der Waals surface area contributed by atoms with Crippen LogP contribution in [0.25, 0.3) is 0 Å². The second-order valence-corrected chi connectivity index (χ2v) is 4.09. The molecule has 0 fully saturated rings. The molecular weight excluding hydrogens is 219 g/mol. The minimum Gasteiger partial charge on any atom is -0.356 e. The highest BCUT2D eigenvalue weighted by Gasteiger charge is 2.06. The standard InChI is InChI=1S/C13H19FN2O/c1-10(15-2)9-13(17)16-8-7-11-5-3-4-6-12(11)14/h3-6,10,15H,7-9H2,1-2H3,(H,16,17). The molecule has 0 radical (unpaired) electrons. The molecule has 0 aliphatic rings. The van der Waals surface area contributed by atoms with E-state index in [-0.39, 0.29) is 17.8 Å². The van der Waals surface area contributed by atoms with Gasteiger partial charge >= 0.3 is 0 Å². The summed E-state index contributed by atoms with van der Waals surface area (Å²) in [6.07, 6.45) is 0.958. The first kappa shape index (κ1) is 13.6. The number of carbonyl (C=O) groups excluding carboxylic acids is 1. The molecule has 0 aliphatic heterocycles. The summed E-state index contributed by atoms with van der Waals surface area (Å²) in [4.78, 5) is 11.4. The monoisotopic (exact) mass is 238 g/mol. The fourth-order valence-corrected chi connectivity index (χ4v) is 1.49. The van der Waals surface area contributed by atoms with Crippen molar-refractivity contribution in [1.82, 2.24) is 10.6 Å². The summed E-state index contributed by atoms with van der Waals surface area (Å²) in [5.41, 5.74) is 0.634. The van der Waals surface area contributed by atoms with Crippen molar-refractivity contribution in [2.75, 3.05) is 13.6 Å². The van der Waals surface area contributed by atoms with Crippen LogP contribution in [0.3, 0.4) is 0 Å². The van der Waals surface area contributed by atoms with Crippen LogP contribution in [0.5, 0.6) is 0 Å². The van der Waals surface area contributed by atoms with Crippen LogP contribution in [0.15, 0.2) is 24.3 Å². The number of carbonyl (C=O) groups is 1. The van der Waals surface area contributed by atoms with Crippen LogP contribution in [0.2, 0.25) is 0 Å². The molecule has 0 aromatic heterocycles. The van der Waals surface area contributed by atoms with E-state index in [1.54, 1.807) is 18.2 Å². The van der Waals surface area contributed by atoms with Gasteiger partial charge < -0.3 is 10.6 Å². The molecule has 0 aliphatic carbocycles. The normalized spacial score (nSPS) is 12.2. The zero-order valence-electron chi connectivity index (χ0n) is 10.3. The highest BCUT2D eigenvalue weighted by atomic mass is 19.1. The lowest BCUT2D eigenvalue weighted by molar-refractivity contribution is -0.121. The van der Waals surface area contributed by atoms with Gasteiger partial charge in [-0.25, -0.2) is 4.39 Å². The molecule has 1 rings (SSSR count). The van der Waals surface area contributed by atoms with Crippen LogP contribution in [0.4, 0.5) is 4.39 Å². The van der Waals surface area contributed by atoms with Gasteiger partial charge in [-0.1, -0.05) is 18.2 Å². The van der Waals surface area contributed by atoms with Crippen LogP contribution in [-0.4, -0.2) is 25.5 Å². The zero-order chi connectivity index (χ0) is 12.7. The lowest BCUT2D eigenvalue weighted by Gasteiger charge is -2.10. The summed E-state index contributed by atoms with van der Waals surface area (Å²) in [5.74, 6) is -0.228. The van der Waals surface area contributed by atoms with E-state index >= 15 is 0 Å². The van der Waals surface area contributed by atoms with Gasteiger partial charge in [-0.05, 0) is 32.0 Å². The Labute approximate surface area is 101 Å². The Balaban J connectivity index is 2.29. The van der Waals surface area contributed by atoms with E-state index in [9.17, 15) is 9.18 Å². The maximum absolute atomic E-state index is 13.3. The zero-order valence-corrected chi connectivity index (χ0v) is 10.3. The first-order chi connectivity index (χ1) is 8.13. The Bertz CT molecular complexity index is 368. The number of rotatable bonds is 6. The molecule has 1 amide bonds. The number of benzene rings is 1. The second-order valence-electron chi connectivity index (χ2n) is 4.09. The van der Waals surface area contributed by atoms with Crippen molar-refractivity contribution in [3.05, 3.63) is 35.6 Å². The summed E-state index contributed by atoms with van der Waals surface area (Å²) >= 11 is 0. The molecule has 2 N–H and O–H groups in total. The van der Waals surface area contributed by atoms with E-state index in [1.165, 1.54) is 6.07 Å². The third kappa shape index (κ3) is 4.95. The number of hydrogen-bond acceptors (Lipinski definition) is 2. The molecule has 3 nitrogen and oxygen atoms in total. The van der Waals surface area contributed by atoms with E-state index < -0.39 is 0 Å². The lowest BCUT2D eigenvalue weighted by Crippen LogP contribution is -2.32. The molecule has 1 aromatic rings. The summed E-state index contributed by atoms with van der Waals surface area (Å²) in [6, 6.07) is 6.77. The van der Waals surface area contributed by atoms with Crippen molar-refractivity contribution >= 4 is 5.91 Å². The quantitative estimate of drug-likeness (QED) is 0.788. The van der Waals surface area contributed by atoms with Crippen LogP contribution >= 0.6 is 0 Å². The molecule has 4 heteroatoms. The fourth-order valence-electron chi connectivity index (χ4n) is 1.49. The lowest BCUT2D eigenvalue weighted by atomic mass is 10.1. The average molecular weight is 238 g/mol. The predicted molar refractivity (Wildman–Crippen MR) is 66.3 cm³/mol. The van der Waals surface area contributed by atoms with Crippen molar-refractivity contribution in [1.29, 1.82) is 0 Å². The maximum Gasteiger partial charge on any atom is 0.221 e. The van der Waals surface area contributed by atoms with E-state index in [4.69, 9.17) is 0 Å². The number of nitrogens with one attached hydrogen (secondary N) is 2. The van der Waals surface area contributed by atoms with Gasteiger partial charge in [0.2, 0.25) is 5.91 Å². The highest BCUT2D eigenvalue weighted by molar-refractivity contribution is 5.76. The van der Waals surface area contributed by atoms with Gasteiger partial charge in [0.25, 0.3) is 0 Å². The number of amides is 1. The maximum atomic E-state index is 13.3. The molecular formula is C13H19FN2O. The average Bonchev–Trinajstić information content (AvgIpc) is 2.31. The van der Waals surface area contributed by atoms with Crippen molar-refractivity contribution in [2.24, 2.45) is 0 Å². The van der Waals surface area contributed by atoms with E-state index in [0.29, 0.717) is 24.9 Å². The van der Waals surface area contributed by atoms with Crippen molar-refractivity contribution in [3.63, 3.8) is 0 Å². The molecule has 1 aromatic carbocycles. The minimum atomic E-state index is -0.217. The third-order valence-corrected chi connectivity index (χ3v) is 2.66. The summed E-state index contributed by atoms with van der Waals surface area (Å²) in [5, 5.41) is 5.77. The van der Waals surface area contributed by atoms with Crippen molar-refractivity contribution < 1.29 is 9.18 Å². The second kappa shape index (κ2) is 7.01. The van der Waals surface area contributed by atoms with Gasteiger partial charge in [0.15, 0.2) is 0 Å². The van der Waals surface area contributed by atoms with Crippen LogP contribution in [0.1, 0.15) is 18.9 Å². The largest absolute Gasteiger partial charge is 0.356 e. The first-order valence-corrected chi connectivity index (χ1v) is 5.81. The van der Waals surface area contributed by atoms with Gasteiger partial charge in [0.05, 0.1) is 0 Å². The van der Waals surface area contributed by atoms with Crippen LogP contribution in [0, 0.1) is 5.82 Å². The summed E-state index contributed by atoms with van der Waals surface area (Å²) < 4.78 is 13.3. The molecule has 0 saturated heterocycles. The molecule has 17 heavy (non-hydrogen) atoms. The first-order valence-electron chi connectivity index (χ1n) is 5.81. The minimum absolute atomic E-state index is 0.0109. The SMILES string of the molecule is CNC(C)CC(=O)NCCc1ccccc1F. The molecule has 0 spiro atoms. The molecule has 0 bridgehead atoms. The molecule has 0 saturated carbocycles. The van der Waals surface area contributed by atoms with Crippen molar-refractivity contribution in [2.45, 2.75) is 25.8 Å². The summed E-state index contributed by atoms with van der Waals surface area (Å²) in [6.45, 7) is 2.41. The molecule has 1 atom stereocenters. The Morgan fingerprint density at radius 3 is 2.76 bits per heavy atom. The Morgan fingerprint density at radius 1 is 1.41 bits per heavy atom. The molecule has 94 valence electrons. The number of halogens is 1. The highest BCUT2D eigenvalue weighted by Crippen LogP contribution is 2.06. The summed E-state index contributed by atoms with van der Waals surface area (Å²) in [7, 11) is 1.82. The van der Waals surface area contributed by atoms with Crippen LogP contribution in [-0.2, 0) is 11.2 Å². The van der Waals surface area contributed by atoms with Gasteiger partial charge in [-0.3, -0.25) is 4.79 Å². The van der Waals surface area contributed by atoms with Gasteiger partial charge in [0, 0.05) is 19.0 Å². The Kier molecular flexibility index (Phi) is 5.63. The molecule has 1 unspecified atom stereocenters. The topological polar surface area (TPSA) is 41.1 Å². The van der Waals surface area contributed by atoms with Gasteiger partial charge in [-0.2, -0.15) is 0 Å². The van der Waals surface area contributed by atoms with E-state index in [1.807, 2.05) is 14.0 Å². The van der Waals surface area contributed by atoms with Gasteiger partial charge in [-0.15, -0.1) is 0 Å².